The lowest BCUT2D eigenvalue weighted by Crippen LogP contribution is -2.48. The Kier molecular flexibility index (Phi) is 3.43. The zero-order valence-electron chi connectivity index (χ0n) is 11.6. The van der Waals surface area contributed by atoms with Gasteiger partial charge in [0.1, 0.15) is 0 Å². The van der Waals surface area contributed by atoms with Gasteiger partial charge in [0.2, 0.25) is 0 Å². The molecule has 0 bridgehead atoms. The van der Waals surface area contributed by atoms with E-state index in [2.05, 4.69) is 63.2 Å². The van der Waals surface area contributed by atoms with E-state index >= 15 is 0 Å². The molecule has 2 atom stereocenters. The van der Waals surface area contributed by atoms with Crippen LogP contribution in [-0.4, -0.2) is 25.2 Å². The molecule has 2 heteroatoms. The number of nitrogens with one attached hydrogen (secondary N) is 1. The van der Waals surface area contributed by atoms with Crippen molar-refractivity contribution in [3.05, 3.63) is 29.3 Å². The number of hydrogen-bond acceptors (Lipinski definition) is 2. The van der Waals surface area contributed by atoms with Gasteiger partial charge < -0.3 is 10.2 Å². The van der Waals surface area contributed by atoms with Gasteiger partial charge in [0.05, 0.1) is 0 Å². The fourth-order valence-corrected chi connectivity index (χ4v) is 2.95. The monoisotopic (exact) mass is 232 g/mol. The third kappa shape index (κ3) is 2.06. The Bertz CT molecular complexity index is 398. The van der Waals surface area contributed by atoms with Crippen LogP contribution in [0.5, 0.6) is 0 Å². The molecule has 0 fully saturated rings. The Labute approximate surface area is 105 Å². The maximum Gasteiger partial charge on any atom is 0.0484 e. The van der Waals surface area contributed by atoms with E-state index < -0.39 is 0 Å². The van der Waals surface area contributed by atoms with Crippen molar-refractivity contribution in [1.29, 1.82) is 0 Å². The summed E-state index contributed by atoms with van der Waals surface area (Å²) < 4.78 is 0. The van der Waals surface area contributed by atoms with Crippen LogP contribution in [0.4, 0.5) is 5.69 Å². The number of aryl methyl sites for hydroxylation is 1. The molecule has 0 aliphatic carbocycles. The zero-order valence-corrected chi connectivity index (χ0v) is 11.6. The van der Waals surface area contributed by atoms with Gasteiger partial charge in [-0.2, -0.15) is 0 Å². The molecular formula is C15H24N2. The van der Waals surface area contributed by atoms with E-state index in [1.54, 1.807) is 0 Å². The summed E-state index contributed by atoms with van der Waals surface area (Å²) >= 11 is 0. The summed E-state index contributed by atoms with van der Waals surface area (Å²) in [7, 11) is 2.05. The number of rotatable bonds is 3. The molecule has 94 valence electrons. The van der Waals surface area contributed by atoms with Crippen LogP contribution in [0.15, 0.2) is 18.2 Å². The summed E-state index contributed by atoms with van der Waals surface area (Å²) in [5, 5.41) is 3.40. The summed E-state index contributed by atoms with van der Waals surface area (Å²) in [5.41, 5.74) is 4.40. The number of nitrogens with zero attached hydrogens (tertiary/aromatic N) is 1. The Morgan fingerprint density at radius 1 is 1.29 bits per heavy atom. The normalized spacial score (nSPS) is 20.8. The van der Waals surface area contributed by atoms with Crippen LogP contribution in [-0.2, 0) is 6.42 Å². The van der Waals surface area contributed by atoms with Crippen LogP contribution in [0.25, 0.3) is 0 Å². The van der Waals surface area contributed by atoms with Crippen LogP contribution in [0, 0.1) is 6.92 Å². The van der Waals surface area contributed by atoms with Crippen LogP contribution in [0.3, 0.4) is 0 Å². The second kappa shape index (κ2) is 4.69. The highest BCUT2D eigenvalue weighted by Gasteiger charge is 2.34. The third-order valence-corrected chi connectivity index (χ3v) is 4.02. The van der Waals surface area contributed by atoms with Crippen molar-refractivity contribution in [2.24, 2.45) is 0 Å². The van der Waals surface area contributed by atoms with Crippen molar-refractivity contribution in [3.63, 3.8) is 0 Å². The summed E-state index contributed by atoms with van der Waals surface area (Å²) in [6.45, 7) is 9.07. The maximum absolute atomic E-state index is 3.40. The molecular weight excluding hydrogens is 208 g/mol. The van der Waals surface area contributed by atoms with E-state index in [1.807, 2.05) is 0 Å². The molecule has 1 aliphatic heterocycles. The van der Waals surface area contributed by atoms with Gasteiger partial charge in [-0.25, -0.2) is 0 Å². The molecule has 1 N–H and O–H groups in total. The summed E-state index contributed by atoms with van der Waals surface area (Å²) in [5.74, 6) is 0. The van der Waals surface area contributed by atoms with E-state index in [4.69, 9.17) is 0 Å². The lowest BCUT2D eigenvalue weighted by molar-refractivity contribution is 0.451. The number of fused-ring (bicyclic) bond motifs is 1. The van der Waals surface area contributed by atoms with Gasteiger partial charge in [0.15, 0.2) is 0 Å². The van der Waals surface area contributed by atoms with E-state index in [1.165, 1.54) is 23.2 Å². The van der Waals surface area contributed by atoms with Gasteiger partial charge in [-0.3, -0.25) is 0 Å². The second-order valence-corrected chi connectivity index (χ2v) is 5.42. The minimum Gasteiger partial charge on any atom is -0.364 e. The topological polar surface area (TPSA) is 15.3 Å². The van der Waals surface area contributed by atoms with Gasteiger partial charge >= 0.3 is 0 Å². The molecule has 2 rings (SSSR count). The standard InChI is InChI=1S/C15H24N2/c1-10(2)17-14-8-6-7-11(3)13(14)9-15(17)12(4)16-5/h6-8,10,12,15-16H,9H2,1-5H3. The number of likely N-dealkylation sites (N-methyl/N-ethyl adjacent to an activating group) is 1. The Morgan fingerprint density at radius 3 is 2.59 bits per heavy atom. The van der Waals surface area contributed by atoms with E-state index in [0.29, 0.717) is 18.1 Å². The first-order valence-electron chi connectivity index (χ1n) is 6.60. The highest BCUT2D eigenvalue weighted by Crippen LogP contribution is 2.36. The van der Waals surface area contributed by atoms with E-state index in [0.717, 1.165) is 0 Å². The molecule has 0 spiro atoms. The SMILES string of the molecule is CNC(C)C1Cc2c(C)cccc2N1C(C)C. The molecule has 0 saturated heterocycles. The van der Waals surface area contributed by atoms with Crippen LogP contribution in [0.2, 0.25) is 0 Å². The minimum atomic E-state index is 0.518. The minimum absolute atomic E-state index is 0.518. The largest absolute Gasteiger partial charge is 0.364 e. The molecule has 1 aromatic rings. The summed E-state index contributed by atoms with van der Waals surface area (Å²) in [6.07, 6.45) is 1.17. The molecule has 17 heavy (non-hydrogen) atoms. The molecule has 2 unspecified atom stereocenters. The molecule has 1 aromatic carbocycles. The van der Waals surface area contributed by atoms with Gasteiger partial charge in [0.25, 0.3) is 0 Å². The predicted octanol–water partition coefficient (Wildman–Crippen LogP) is 2.74. The van der Waals surface area contributed by atoms with Crippen molar-refractivity contribution >= 4 is 5.69 Å². The lowest BCUT2D eigenvalue weighted by atomic mass is 10.0. The molecule has 0 amide bonds. The average molecular weight is 232 g/mol. The molecule has 1 heterocycles. The summed E-state index contributed by atoms with van der Waals surface area (Å²) in [4.78, 5) is 2.57. The zero-order chi connectivity index (χ0) is 12.6. The molecule has 2 nitrogen and oxygen atoms in total. The quantitative estimate of drug-likeness (QED) is 0.862. The Morgan fingerprint density at radius 2 is 2.00 bits per heavy atom. The lowest BCUT2D eigenvalue weighted by Gasteiger charge is -2.35. The van der Waals surface area contributed by atoms with Crippen molar-refractivity contribution < 1.29 is 0 Å². The fourth-order valence-electron chi connectivity index (χ4n) is 2.95. The van der Waals surface area contributed by atoms with Crippen molar-refractivity contribution in [2.75, 3.05) is 11.9 Å². The van der Waals surface area contributed by atoms with Gasteiger partial charge in [0, 0.05) is 23.8 Å². The third-order valence-electron chi connectivity index (χ3n) is 4.02. The average Bonchev–Trinajstić information content (AvgIpc) is 2.68. The van der Waals surface area contributed by atoms with Gasteiger partial charge in [-0.05, 0) is 58.4 Å². The maximum atomic E-state index is 3.40. The number of hydrogen-bond donors (Lipinski definition) is 1. The van der Waals surface area contributed by atoms with Gasteiger partial charge in [-0.15, -0.1) is 0 Å². The highest BCUT2D eigenvalue weighted by atomic mass is 15.2. The first kappa shape index (κ1) is 12.4. The Hall–Kier alpha value is -1.02. The summed E-state index contributed by atoms with van der Waals surface area (Å²) in [6, 6.07) is 8.32. The molecule has 0 radical (unpaired) electrons. The van der Waals surface area contributed by atoms with E-state index in [9.17, 15) is 0 Å². The second-order valence-electron chi connectivity index (χ2n) is 5.42. The van der Waals surface area contributed by atoms with Crippen LogP contribution in [0.1, 0.15) is 31.9 Å². The van der Waals surface area contributed by atoms with Crippen molar-refractivity contribution in [3.8, 4) is 0 Å². The Balaban J connectivity index is 2.41. The first-order chi connectivity index (χ1) is 8.06. The molecule has 1 aliphatic rings. The number of benzene rings is 1. The van der Waals surface area contributed by atoms with Crippen LogP contribution < -0.4 is 10.2 Å². The van der Waals surface area contributed by atoms with Crippen LogP contribution >= 0.6 is 0 Å². The number of anilines is 1. The molecule has 0 aromatic heterocycles. The highest BCUT2D eigenvalue weighted by molar-refractivity contribution is 5.63. The van der Waals surface area contributed by atoms with Crippen molar-refractivity contribution in [2.45, 2.75) is 52.2 Å². The first-order valence-corrected chi connectivity index (χ1v) is 6.60. The smallest absolute Gasteiger partial charge is 0.0484 e. The molecule has 0 saturated carbocycles. The van der Waals surface area contributed by atoms with E-state index in [-0.39, 0.29) is 0 Å². The van der Waals surface area contributed by atoms with Gasteiger partial charge in [-0.1, -0.05) is 12.1 Å². The van der Waals surface area contributed by atoms with Crippen molar-refractivity contribution in [1.82, 2.24) is 5.32 Å². The fraction of sp³-hybridized carbons (Fsp3) is 0.600. The predicted molar refractivity (Wildman–Crippen MR) is 74.8 cm³/mol.